The fourth-order valence-electron chi connectivity index (χ4n) is 2.68. The number of benzene rings is 2. The Morgan fingerprint density at radius 2 is 2.05 bits per heavy atom. The van der Waals surface area contributed by atoms with Gasteiger partial charge in [-0.3, -0.25) is 0 Å². The maximum atomic E-state index is 13.6. The van der Waals surface area contributed by atoms with Gasteiger partial charge in [0.2, 0.25) is 0 Å². The molecule has 2 aromatic rings. The van der Waals surface area contributed by atoms with Crippen LogP contribution in [0.1, 0.15) is 17.5 Å². The van der Waals surface area contributed by atoms with Gasteiger partial charge >= 0.3 is 0 Å². The first-order valence-corrected chi connectivity index (χ1v) is 6.91. The minimum absolute atomic E-state index is 0.132. The van der Waals surface area contributed by atoms with E-state index >= 15 is 0 Å². The van der Waals surface area contributed by atoms with Crippen molar-refractivity contribution in [1.29, 1.82) is 0 Å². The minimum atomic E-state index is -0.533. The number of hydrogen-bond acceptors (Lipinski definition) is 2. The summed E-state index contributed by atoms with van der Waals surface area (Å²) in [6, 6.07) is 12.6. The average molecular weight is 292 g/mol. The molecule has 0 aromatic heterocycles. The fraction of sp³-hybridized carbons (Fsp3) is 0.250. The van der Waals surface area contributed by atoms with E-state index in [1.54, 1.807) is 6.07 Å². The van der Waals surface area contributed by atoms with Crippen LogP contribution in [0.25, 0.3) is 0 Å². The highest BCUT2D eigenvalue weighted by molar-refractivity contribution is 6.30. The van der Waals surface area contributed by atoms with Crippen LogP contribution >= 0.6 is 11.6 Å². The molecule has 1 aliphatic rings. The molecule has 104 valence electrons. The van der Waals surface area contributed by atoms with Crippen molar-refractivity contribution < 1.29 is 9.13 Å². The molecule has 3 rings (SSSR count). The van der Waals surface area contributed by atoms with Crippen LogP contribution < -0.4 is 10.5 Å². The summed E-state index contributed by atoms with van der Waals surface area (Å²) >= 11 is 5.71. The van der Waals surface area contributed by atoms with Crippen LogP contribution in [0.4, 0.5) is 4.39 Å². The molecule has 2 aromatic carbocycles. The molecule has 2 nitrogen and oxygen atoms in total. The molecular weight excluding hydrogens is 277 g/mol. The molecule has 0 saturated carbocycles. The number of hydrogen-bond donors (Lipinski definition) is 1. The third-order valence-corrected chi connectivity index (χ3v) is 4.04. The summed E-state index contributed by atoms with van der Waals surface area (Å²) in [5, 5.41) is 0.132. The number of halogens is 2. The topological polar surface area (TPSA) is 35.2 Å². The predicted molar refractivity (Wildman–Crippen MR) is 77.5 cm³/mol. The summed E-state index contributed by atoms with van der Waals surface area (Å²) in [4.78, 5) is 0. The van der Waals surface area contributed by atoms with E-state index in [1.807, 2.05) is 30.3 Å². The highest BCUT2D eigenvalue weighted by Crippen LogP contribution is 2.37. The second-order valence-electron chi connectivity index (χ2n) is 5.18. The zero-order chi connectivity index (χ0) is 14.2. The molecule has 0 spiro atoms. The third-order valence-electron chi connectivity index (χ3n) is 3.73. The maximum Gasteiger partial charge on any atom is 0.142 e. The molecule has 20 heavy (non-hydrogen) atoms. The number of fused-ring (bicyclic) bond motifs is 1. The van der Waals surface area contributed by atoms with Gasteiger partial charge in [0.1, 0.15) is 11.6 Å². The number of para-hydroxylation sites is 1. The summed E-state index contributed by atoms with van der Waals surface area (Å²) < 4.78 is 19.2. The van der Waals surface area contributed by atoms with Crippen LogP contribution in [0.3, 0.4) is 0 Å². The van der Waals surface area contributed by atoms with Gasteiger partial charge in [0.05, 0.1) is 17.2 Å². The molecule has 0 aliphatic carbocycles. The van der Waals surface area contributed by atoms with Gasteiger partial charge in [-0.1, -0.05) is 35.9 Å². The van der Waals surface area contributed by atoms with Gasteiger partial charge in [-0.15, -0.1) is 0 Å². The summed E-state index contributed by atoms with van der Waals surface area (Å²) in [5.74, 6) is 0.406. The average Bonchev–Trinajstić information content (AvgIpc) is 2.43. The first-order valence-electron chi connectivity index (χ1n) is 6.54. The van der Waals surface area contributed by atoms with Crippen molar-refractivity contribution in [2.75, 3.05) is 6.61 Å². The van der Waals surface area contributed by atoms with Gasteiger partial charge < -0.3 is 10.5 Å². The standard InChI is InChI=1S/C16H15ClFNO/c17-13-6-5-11(9-14(13)18)10-16(19)7-8-20-15-4-2-1-3-12(15)16/h1-6,9H,7-8,10,19H2. The Labute approximate surface area is 122 Å². The second kappa shape index (κ2) is 5.08. The number of ether oxygens (including phenoxy) is 1. The minimum Gasteiger partial charge on any atom is -0.493 e. The Balaban J connectivity index is 1.95. The molecule has 0 fully saturated rings. The summed E-state index contributed by atoms with van der Waals surface area (Å²) in [5.41, 5.74) is 7.84. The molecule has 1 atom stereocenters. The Morgan fingerprint density at radius 1 is 1.25 bits per heavy atom. The Bertz CT molecular complexity index is 646. The van der Waals surface area contributed by atoms with Crippen molar-refractivity contribution >= 4 is 11.6 Å². The van der Waals surface area contributed by atoms with Gasteiger partial charge in [-0.25, -0.2) is 4.39 Å². The Hall–Kier alpha value is -1.58. The van der Waals surface area contributed by atoms with E-state index in [0.717, 1.165) is 16.9 Å². The summed E-state index contributed by atoms with van der Waals surface area (Å²) in [6.45, 7) is 0.573. The fourth-order valence-corrected chi connectivity index (χ4v) is 2.80. The van der Waals surface area contributed by atoms with Crippen molar-refractivity contribution in [2.24, 2.45) is 5.73 Å². The first kappa shape index (κ1) is 13.4. The van der Waals surface area contributed by atoms with E-state index in [2.05, 4.69) is 0 Å². The highest BCUT2D eigenvalue weighted by atomic mass is 35.5. The van der Waals surface area contributed by atoms with Crippen LogP contribution in [0.2, 0.25) is 5.02 Å². The SMILES string of the molecule is NC1(Cc2ccc(Cl)c(F)c2)CCOc2ccccc21. The Morgan fingerprint density at radius 3 is 2.85 bits per heavy atom. The van der Waals surface area contributed by atoms with Gasteiger partial charge in [0.25, 0.3) is 0 Å². The third kappa shape index (κ3) is 2.39. The van der Waals surface area contributed by atoms with E-state index in [1.165, 1.54) is 6.07 Å². The van der Waals surface area contributed by atoms with E-state index in [-0.39, 0.29) is 5.02 Å². The van der Waals surface area contributed by atoms with Crippen molar-refractivity contribution in [3.8, 4) is 5.75 Å². The van der Waals surface area contributed by atoms with Crippen LogP contribution in [0.15, 0.2) is 42.5 Å². The smallest absolute Gasteiger partial charge is 0.142 e. The molecule has 1 unspecified atom stereocenters. The zero-order valence-corrected chi connectivity index (χ0v) is 11.7. The van der Waals surface area contributed by atoms with Gasteiger partial charge in [-0.2, -0.15) is 0 Å². The number of nitrogens with two attached hydrogens (primary N) is 1. The van der Waals surface area contributed by atoms with Crippen LogP contribution in [-0.4, -0.2) is 6.61 Å². The van der Waals surface area contributed by atoms with E-state index < -0.39 is 11.4 Å². The molecule has 0 amide bonds. The monoisotopic (exact) mass is 291 g/mol. The van der Waals surface area contributed by atoms with Crippen molar-refractivity contribution in [1.82, 2.24) is 0 Å². The lowest BCUT2D eigenvalue weighted by Crippen LogP contribution is -2.43. The molecule has 0 saturated heterocycles. The van der Waals surface area contributed by atoms with E-state index in [9.17, 15) is 4.39 Å². The van der Waals surface area contributed by atoms with Gasteiger partial charge in [0.15, 0.2) is 0 Å². The lowest BCUT2D eigenvalue weighted by atomic mass is 9.80. The molecule has 2 N–H and O–H groups in total. The highest BCUT2D eigenvalue weighted by Gasteiger charge is 2.33. The zero-order valence-electron chi connectivity index (χ0n) is 10.9. The van der Waals surface area contributed by atoms with E-state index in [4.69, 9.17) is 22.1 Å². The van der Waals surface area contributed by atoms with Crippen LogP contribution in [-0.2, 0) is 12.0 Å². The maximum absolute atomic E-state index is 13.6. The largest absolute Gasteiger partial charge is 0.493 e. The van der Waals surface area contributed by atoms with E-state index in [0.29, 0.717) is 19.4 Å². The van der Waals surface area contributed by atoms with Crippen molar-refractivity contribution in [2.45, 2.75) is 18.4 Å². The molecule has 4 heteroatoms. The summed E-state index contributed by atoms with van der Waals surface area (Å²) in [7, 11) is 0. The number of rotatable bonds is 2. The van der Waals surface area contributed by atoms with Crippen molar-refractivity contribution in [3.63, 3.8) is 0 Å². The summed E-state index contributed by atoms with van der Waals surface area (Å²) in [6.07, 6.45) is 1.26. The van der Waals surface area contributed by atoms with Gasteiger partial charge in [0, 0.05) is 12.0 Å². The first-order chi connectivity index (χ1) is 9.58. The van der Waals surface area contributed by atoms with Crippen molar-refractivity contribution in [3.05, 3.63) is 64.4 Å². The van der Waals surface area contributed by atoms with Crippen LogP contribution in [0.5, 0.6) is 5.75 Å². The molecule has 0 radical (unpaired) electrons. The molecule has 1 heterocycles. The molecular formula is C16H15ClFNO. The Kier molecular flexibility index (Phi) is 3.40. The second-order valence-corrected chi connectivity index (χ2v) is 5.58. The lowest BCUT2D eigenvalue weighted by molar-refractivity contribution is 0.215. The quantitative estimate of drug-likeness (QED) is 0.916. The normalized spacial score (nSPS) is 21.1. The molecule has 0 bridgehead atoms. The van der Waals surface area contributed by atoms with Crippen LogP contribution in [0, 0.1) is 5.82 Å². The lowest BCUT2D eigenvalue weighted by Gasteiger charge is -2.35. The predicted octanol–water partition coefficient (Wildman–Crippen LogP) is 3.66. The molecule has 1 aliphatic heterocycles. The van der Waals surface area contributed by atoms with Gasteiger partial charge in [-0.05, 0) is 30.2 Å².